The number of hydrogen-bond acceptors (Lipinski definition) is 6. The maximum atomic E-state index is 12.9. The molecule has 1 atom stereocenters. The van der Waals surface area contributed by atoms with Crippen molar-refractivity contribution in [1.29, 1.82) is 0 Å². The Morgan fingerprint density at radius 3 is 2.58 bits per heavy atom. The van der Waals surface area contributed by atoms with Gasteiger partial charge in [0.2, 0.25) is 0 Å². The van der Waals surface area contributed by atoms with E-state index in [1.807, 2.05) is 48.7 Å². The van der Waals surface area contributed by atoms with E-state index in [-0.39, 0.29) is 6.42 Å². The Hall–Kier alpha value is -3.32. The van der Waals surface area contributed by atoms with Crippen molar-refractivity contribution in [3.8, 4) is 16.9 Å². The Balaban J connectivity index is 1.86. The van der Waals surface area contributed by atoms with Crippen LogP contribution in [-0.4, -0.2) is 40.1 Å². The molecule has 0 saturated carbocycles. The number of aliphatic carboxylic acids is 1. The quantitative estimate of drug-likeness (QED) is 0.461. The molecule has 1 N–H and O–H groups in total. The van der Waals surface area contributed by atoms with Gasteiger partial charge in [-0.25, -0.2) is 9.59 Å². The summed E-state index contributed by atoms with van der Waals surface area (Å²) in [5.74, 6) is -0.581. The van der Waals surface area contributed by atoms with Crippen molar-refractivity contribution in [2.24, 2.45) is 0 Å². The van der Waals surface area contributed by atoms with Gasteiger partial charge in [0.15, 0.2) is 6.10 Å². The highest BCUT2D eigenvalue weighted by Crippen LogP contribution is 2.27. The molecule has 0 aliphatic rings. The van der Waals surface area contributed by atoms with Crippen molar-refractivity contribution in [3.05, 3.63) is 84.2 Å². The molecule has 0 bridgehead atoms. The van der Waals surface area contributed by atoms with Gasteiger partial charge in [-0.05, 0) is 53.0 Å². The van der Waals surface area contributed by atoms with E-state index >= 15 is 0 Å². The molecule has 0 fully saturated rings. The molecule has 3 aromatic rings. The van der Waals surface area contributed by atoms with E-state index in [4.69, 9.17) is 9.47 Å². The van der Waals surface area contributed by atoms with Gasteiger partial charge in [-0.15, -0.1) is 0 Å². The lowest BCUT2D eigenvalue weighted by Gasteiger charge is -2.16. The van der Waals surface area contributed by atoms with Crippen molar-refractivity contribution >= 4 is 23.7 Å². The Morgan fingerprint density at radius 1 is 1.10 bits per heavy atom. The second-order valence-corrected chi connectivity index (χ2v) is 7.72. The summed E-state index contributed by atoms with van der Waals surface area (Å²) < 4.78 is 11.1. The van der Waals surface area contributed by atoms with Crippen LogP contribution < -0.4 is 4.74 Å². The van der Waals surface area contributed by atoms with E-state index in [1.54, 1.807) is 30.6 Å². The maximum absolute atomic E-state index is 12.9. The summed E-state index contributed by atoms with van der Waals surface area (Å²) in [6.45, 7) is 0.298. The number of ether oxygens (including phenoxy) is 2. The first-order valence-electron chi connectivity index (χ1n) is 9.72. The van der Waals surface area contributed by atoms with Crippen LogP contribution in [0.15, 0.2) is 73.1 Å². The van der Waals surface area contributed by atoms with Crippen LogP contribution in [0, 0.1) is 0 Å². The van der Waals surface area contributed by atoms with Gasteiger partial charge in [0.25, 0.3) is 0 Å². The first-order valence-corrected chi connectivity index (χ1v) is 11.1. The van der Waals surface area contributed by atoms with Crippen molar-refractivity contribution in [3.63, 3.8) is 0 Å². The predicted molar refractivity (Wildman–Crippen MR) is 120 cm³/mol. The zero-order valence-corrected chi connectivity index (χ0v) is 17.9. The second-order valence-electron chi connectivity index (χ2n) is 6.74. The SMILES string of the molecule is CSCC[C@H](OC(=O)c1ccc(COc2cccnc2)cc1-c1ccccc1)C(=O)O. The molecule has 3 rings (SSSR count). The minimum absolute atomic E-state index is 0.250. The third kappa shape index (κ3) is 6.33. The normalized spacial score (nSPS) is 11.5. The summed E-state index contributed by atoms with van der Waals surface area (Å²) in [6.07, 6.45) is 4.24. The first kappa shape index (κ1) is 22.4. The number of rotatable bonds is 10. The number of pyridine rings is 1. The zero-order valence-electron chi connectivity index (χ0n) is 17.1. The van der Waals surface area contributed by atoms with Gasteiger partial charge in [0.1, 0.15) is 12.4 Å². The van der Waals surface area contributed by atoms with Crippen LogP contribution in [0.4, 0.5) is 0 Å². The van der Waals surface area contributed by atoms with Crippen LogP contribution in [0.1, 0.15) is 22.3 Å². The molecule has 0 saturated heterocycles. The van der Waals surface area contributed by atoms with Crippen molar-refractivity contribution in [1.82, 2.24) is 4.98 Å². The Morgan fingerprint density at radius 2 is 1.90 bits per heavy atom. The lowest BCUT2D eigenvalue weighted by atomic mass is 9.97. The van der Waals surface area contributed by atoms with Gasteiger partial charge >= 0.3 is 11.9 Å². The average Bonchev–Trinajstić information content (AvgIpc) is 2.81. The largest absolute Gasteiger partial charge is 0.487 e. The summed E-state index contributed by atoms with van der Waals surface area (Å²) in [6, 6.07) is 18.3. The minimum Gasteiger partial charge on any atom is -0.487 e. The lowest BCUT2D eigenvalue weighted by Crippen LogP contribution is -2.28. The average molecular weight is 438 g/mol. The van der Waals surface area contributed by atoms with Gasteiger partial charge in [-0.1, -0.05) is 36.4 Å². The van der Waals surface area contributed by atoms with E-state index in [9.17, 15) is 14.7 Å². The number of carboxylic acids is 1. The molecule has 0 amide bonds. The number of benzene rings is 2. The molecule has 160 valence electrons. The van der Waals surface area contributed by atoms with Crippen LogP contribution >= 0.6 is 11.8 Å². The van der Waals surface area contributed by atoms with Crippen molar-refractivity contribution < 1.29 is 24.2 Å². The molecule has 0 radical (unpaired) electrons. The fourth-order valence-electron chi connectivity index (χ4n) is 2.97. The Labute approximate surface area is 185 Å². The molecule has 0 unspecified atom stereocenters. The Kier molecular flexibility index (Phi) is 8.06. The maximum Gasteiger partial charge on any atom is 0.345 e. The molecule has 7 heteroatoms. The number of carbonyl (C=O) groups excluding carboxylic acids is 1. The molecule has 1 heterocycles. The highest BCUT2D eigenvalue weighted by atomic mass is 32.2. The summed E-state index contributed by atoms with van der Waals surface area (Å²) in [5.41, 5.74) is 2.66. The fourth-order valence-corrected chi connectivity index (χ4v) is 3.42. The number of aromatic nitrogens is 1. The lowest BCUT2D eigenvalue weighted by molar-refractivity contribution is -0.147. The molecular formula is C24H23NO5S. The first-order chi connectivity index (χ1) is 15.1. The molecule has 0 aliphatic carbocycles. The van der Waals surface area contributed by atoms with Gasteiger partial charge in [0.05, 0.1) is 11.8 Å². The highest BCUT2D eigenvalue weighted by Gasteiger charge is 2.24. The number of esters is 1. The topological polar surface area (TPSA) is 85.7 Å². The van der Waals surface area contributed by atoms with E-state index in [1.165, 1.54) is 11.8 Å². The van der Waals surface area contributed by atoms with Crippen LogP contribution in [0.2, 0.25) is 0 Å². The number of thioether (sulfide) groups is 1. The standard InChI is InChI=1S/C24H23NO5S/c1-31-13-11-22(23(26)27)30-24(28)20-10-9-17(16-29-19-8-5-12-25-15-19)14-21(20)18-6-3-2-4-7-18/h2-10,12,14-15,22H,11,13,16H2,1H3,(H,26,27)/t22-/m0/s1. The second kappa shape index (κ2) is 11.2. The third-order valence-electron chi connectivity index (χ3n) is 4.54. The van der Waals surface area contributed by atoms with Crippen molar-refractivity contribution in [2.75, 3.05) is 12.0 Å². The van der Waals surface area contributed by atoms with E-state index in [2.05, 4.69) is 4.98 Å². The van der Waals surface area contributed by atoms with Crippen LogP contribution in [0.3, 0.4) is 0 Å². The molecule has 1 aromatic heterocycles. The minimum atomic E-state index is -1.18. The number of carboxylic acid groups (broad SMARTS) is 1. The summed E-state index contributed by atoms with van der Waals surface area (Å²) in [5, 5.41) is 9.40. The van der Waals surface area contributed by atoms with E-state index < -0.39 is 18.0 Å². The molecule has 0 aliphatic heterocycles. The zero-order chi connectivity index (χ0) is 22.1. The fraction of sp³-hybridized carbons (Fsp3) is 0.208. The van der Waals surface area contributed by atoms with Crippen LogP contribution in [-0.2, 0) is 16.1 Å². The van der Waals surface area contributed by atoms with Crippen LogP contribution in [0.25, 0.3) is 11.1 Å². The number of nitrogens with zero attached hydrogens (tertiary/aromatic N) is 1. The summed E-state index contributed by atoms with van der Waals surface area (Å²) in [4.78, 5) is 28.4. The monoisotopic (exact) mass is 437 g/mol. The van der Waals surface area contributed by atoms with Crippen molar-refractivity contribution in [2.45, 2.75) is 19.1 Å². The number of carbonyl (C=O) groups is 2. The number of hydrogen-bond donors (Lipinski definition) is 1. The Bertz CT molecular complexity index is 1010. The summed E-state index contributed by atoms with van der Waals surface area (Å²) in [7, 11) is 0. The van der Waals surface area contributed by atoms with Gasteiger partial charge in [-0.2, -0.15) is 11.8 Å². The molecular weight excluding hydrogens is 414 g/mol. The van der Waals surface area contributed by atoms with Gasteiger partial charge in [-0.3, -0.25) is 4.98 Å². The molecule has 31 heavy (non-hydrogen) atoms. The molecule has 0 spiro atoms. The predicted octanol–water partition coefficient (Wildman–Crippen LogP) is 4.69. The van der Waals surface area contributed by atoms with Gasteiger partial charge in [0, 0.05) is 12.6 Å². The van der Waals surface area contributed by atoms with Crippen LogP contribution in [0.5, 0.6) is 5.75 Å². The molecule has 6 nitrogen and oxygen atoms in total. The summed E-state index contributed by atoms with van der Waals surface area (Å²) >= 11 is 1.50. The third-order valence-corrected chi connectivity index (χ3v) is 5.18. The molecule has 2 aromatic carbocycles. The highest BCUT2D eigenvalue weighted by molar-refractivity contribution is 7.98. The van der Waals surface area contributed by atoms with E-state index in [0.717, 1.165) is 11.1 Å². The smallest absolute Gasteiger partial charge is 0.345 e. The van der Waals surface area contributed by atoms with Gasteiger partial charge < -0.3 is 14.6 Å². The van der Waals surface area contributed by atoms with E-state index in [0.29, 0.717) is 29.2 Å².